The molecule has 1 aliphatic rings. The van der Waals surface area contributed by atoms with Crippen molar-refractivity contribution in [2.24, 2.45) is 0 Å². The van der Waals surface area contributed by atoms with Crippen molar-refractivity contribution in [3.05, 3.63) is 178 Å². The van der Waals surface area contributed by atoms with E-state index in [0.717, 1.165) is 46.3 Å². The Balaban J connectivity index is 1.45. The fraction of sp³-hybridized carbons (Fsp3) is 0.269. The summed E-state index contributed by atoms with van der Waals surface area (Å²) in [4.78, 5) is 33.6. The number of ether oxygens (including phenoxy) is 3. The van der Waals surface area contributed by atoms with Crippen molar-refractivity contribution in [3.8, 4) is 22.6 Å². The maximum absolute atomic E-state index is 15.8. The predicted molar refractivity (Wildman–Crippen MR) is 239 cm³/mol. The molecule has 0 atom stereocenters. The molecule has 7 rings (SSSR count). The molecule has 8 heteroatoms. The minimum Gasteiger partial charge on any atom is -0.488 e. The van der Waals surface area contributed by atoms with Gasteiger partial charge in [-0.3, -0.25) is 4.79 Å². The van der Waals surface area contributed by atoms with E-state index in [4.69, 9.17) is 14.2 Å². The van der Waals surface area contributed by atoms with Gasteiger partial charge in [0.1, 0.15) is 24.7 Å². The van der Waals surface area contributed by atoms with Crippen LogP contribution < -0.4 is 19.3 Å². The Morgan fingerprint density at radius 3 is 1.80 bits per heavy atom. The third-order valence-corrected chi connectivity index (χ3v) is 11.2. The fourth-order valence-corrected chi connectivity index (χ4v) is 8.13. The van der Waals surface area contributed by atoms with E-state index in [1.165, 1.54) is 0 Å². The number of hydrogen-bond acceptors (Lipinski definition) is 6. The molecule has 0 saturated carbocycles. The SMILES string of the molecule is CCN(c1cc(-c2ccccc2)c(N(Cc2ccccc2)C(=O)c2cc(C(C)C)c(OCc3ccccc3)cc2OCc2ccccc2)c(C(=O)O)c1C)C1CCOCC1. The summed E-state index contributed by atoms with van der Waals surface area (Å²) in [6.45, 7) is 10.8. The van der Waals surface area contributed by atoms with E-state index in [-0.39, 0.29) is 36.6 Å². The van der Waals surface area contributed by atoms with Gasteiger partial charge in [-0.2, -0.15) is 0 Å². The highest BCUT2D eigenvalue weighted by molar-refractivity contribution is 6.14. The monoisotopic (exact) mass is 802 g/mol. The molecule has 0 radical (unpaired) electrons. The van der Waals surface area contributed by atoms with Crippen molar-refractivity contribution < 1.29 is 28.9 Å². The first kappa shape index (κ1) is 41.8. The molecule has 308 valence electrons. The lowest BCUT2D eigenvalue weighted by Gasteiger charge is -2.38. The van der Waals surface area contributed by atoms with Gasteiger partial charge in [-0.05, 0) is 78.1 Å². The van der Waals surface area contributed by atoms with Crippen molar-refractivity contribution in [2.45, 2.75) is 72.3 Å². The topological polar surface area (TPSA) is 88.5 Å². The average Bonchev–Trinajstić information content (AvgIpc) is 3.28. The molecule has 1 heterocycles. The van der Waals surface area contributed by atoms with Crippen LogP contribution in [0, 0.1) is 6.92 Å². The quantitative estimate of drug-likeness (QED) is 0.104. The van der Waals surface area contributed by atoms with Crippen LogP contribution in [0.4, 0.5) is 11.4 Å². The molecule has 60 heavy (non-hydrogen) atoms. The molecule has 1 N–H and O–H groups in total. The van der Waals surface area contributed by atoms with Crippen LogP contribution in [0.5, 0.6) is 11.5 Å². The molecule has 1 aliphatic heterocycles. The van der Waals surface area contributed by atoms with Gasteiger partial charge in [0, 0.05) is 43.1 Å². The van der Waals surface area contributed by atoms with Crippen LogP contribution in [0.25, 0.3) is 11.1 Å². The summed E-state index contributed by atoms with van der Waals surface area (Å²) in [5.74, 6) is -0.551. The lowest BCUT2D eigenvalue weighted by Crippen LogP contribution is -2.40. The molecule has 0 aliphatic carbocycles. The van der Waals surface area contributed by atoms with E-state index in [9.17, 15) is 9.90 Å². The van der Waals surface area contributed by atoms with Crippen molar-refractivity contribution in [3.63, 3.8) is 0 Å². The van der Waals surface area contributed by atoms with Crippen LogP contribution in [-0.4, -0.2) is 42.8 Å². The van der Waals surface area contributed by atoms with Gasteiger partial charge in [0.25, 0.3) is 5.91 Å². The Bertz CT molecular complexity index is 2360. The highest BCUT2D eigenvalue weighted by Crippen LogP contribution is 2.44. The lowest BCUT2D eigenvalue weighted by atomic mass is 9.91. The zero-order chi connectivity index (χ0) is 42.0. The Hall–Kier alpha value is -6.38. The second-order valence-electron chi connectivity index (χ2n) is 15.6. The summed E-state index contributed by atoms with van der Waals surface area (Å²) in [5.41, 5.74) is 7.26. The number of carbonyl (C=O) groups excluding carboxylic acids is 1. The second kappa shape index (κ2) is 19.6. The van der Waals surface area contributed by atoms with Crippen molar-refractivity contribution in [2.75, 3.05) is 29.6 Å². The Labute approximate surface area is 354 Å². The smallest absolute Gasteiger partial charge is 0.338 e. The molecule has 0 bridgehead atoms. The first-order chi connectivity index (χ1) is 29.2. The fourth-order valence-electron chi connectivity index (χ4n) is 8.13. The Kier molecular flexibility index (Phi) is 13.6. The number of carbonyl (C=O) groups is 2. The van der Waals surface area contributed by atoms with E-state index < -0.39 is 5.97 Å². The molecular weight excluding hydrogens is 749 g/mol. The number of rotatable bonds is 16. The highest BCUT2D eigenvalue weighted by Gasteiger charge is 2.34. The van der Waals surface area contributed by atoms with Gasteiger partial charge < -0.3 is 29.1 Å². The van der Waals surface area contributed by atoms with Crippen LogP contribution >= 0.6 is 0 Å². The zero-order valence-corrected chi connectivity index (χ0v) is 35.0. The van der Waals surface area contributed by atoms with E-state index in [2.05, 4.69) is 31.7 Å². The number of carboxylic acid groups (broad SMARTS) is 1. The summed E-state index contributed by atoms with van der Waals surface area (Å²) < 4.78 is 18.8. The van der Waals surface area contributed by atoms with Crippen LogP contribution in [0.15, 0.2) is 140 Å². The van der Waals surface area contributed by atoms with Gasteiger partial charge in [0.2, 0.25) is 0 Å². The minimum absolute atomic E-state index is 0.0192. The molecule has 8 nitrogen and oxygen atoms in total. The van der Waals surface area contributed by atoms with Gasteiger partial charge in [-0.15, -0.1) is 0 Å². The highest BCUT2D eigenvalue weighted by atomic mass is 16.5. The maximum Gasteiger partial charge on any atom is 0.338 e. The van der Waals surface area contributed by atoms with Crippen LogP contribution in [0.1, 0.15) is 88.1 Å². The van der Waals surface area contributed by atoms with E-state index in [1.807, 2.05) is 140 Å². The van der Waals surface area contributed by atoms with E-state index in [0.29, 0.717) is 60.2 Å². The van der Waals surface area contributed by atoms with Crippen LogP contribution in [-0.2, 0) is 24.5 Å². The normalized spacial score (nSPS) is 12.9. The Morgan fingerprint density at radius 1 is 0.733 bits per heavy atom. The molecule has 0 aromatic heterocycles. The van der Waals surface area contributed by atoms with E-state index >= 15 is 4.79 Å². The van der Waals surface area contributed by atoms with Crippen molar-refractivity contribution >= 4 is 23.3 Å². The van der Waals surface area contributed by atoms with Gasteiger partial charge in [0.05, 0.1) is 23.4 Å². The third kappa shape index (κ3) is 9.56. The summed E-state index contributed by atoms with van der Waals surface area (Å²) in [5, 5.41) is 11.3. The number of benzene rings is 6. The number of aromatic carboxylic acids is 1. The largest absolute Gasteiger partial charge is 0.488 e. The number of carboxylic acids is 1. The first-order valence-corrected chi connectivity index (χ1v) is 20.9. The standard InChI is InChI=1S/C52H54N2O6/c1-5-53(42-26-28-58-29-27-42)46-31-44(41-24-16-9-17-25-41)50(49(37(46)4)52(56)57)54(33-38-18-10-6-11-19-38)51(55)45-30-43(36(2)3)47(59-34-39-20-12-7-13-21-39)32-48(45)60-35-40-22-14-8-15-23-40/h6-25,30-32,36,42H,5,26-29,33-35H2,1-4H3,(H,56,57). The number of anilines is 2. The summed E-state index contributed by atoms with van der Waals surface area (Å²) in [6, 6.07) is 45.2. The van der Waals surface area contributed by atoms with Crippen molar-refractivity contribution in [1.82, 2.24) is 0 Å². The summed E-state index contributed by atoms with van der Waals surface area (Å²) >= 11 is 0. The van der Waals surface area contributed by atoms with Gasteiger partial charge in [0.15, 0.2) is 0 Å². The molecule has 1 fully saturated rings. The van der Waals surface area contributed by atoms with Crippen LogP contribution in [0.2, 0.25) is 0 Å². The number of amides is 1. The third-order valence-electron chi connectivity index (χ3n) is 11.2. The second-order valence-corrected chi connectivity index (χ2v) is 15.6. The summed E-state index contributed by atoms with van der Waals surface area (Å²) in [7, 11) is 0. The van der Waals surface area contributed by atoms with Crippen LogP contribution in [0.3, 0.4) is 0 Å². The lowest BCUT2D eigenvalue weighted by molar-refractivity contribution is 0.0696. The van der Waals surface area contributed by atoms with Gasteiger partial charge in [-0.1, -0.05) is 135 Å². The molecular formula is C52H54N2O6. The maximum atomic E-state index is 15.8. The number of hydrogen-bond donors (Lipinski definition) is 1. The summed E-state index contributed by atoms with van der Waals surface area (Å²) in [6.07, 6.45) is 1.68. The van der Waals surface area contributed by atoms with Gasteiger partial charge in [-0.25, -0.2) is 4.79 Å². The molecule has 1 amide bonds. The molecule has 0 unspecified atom stereocenters. The first-order valence-electron chi connectivity index (χ1n) is 20.9. The predicted octanol–water partition coefficient (Wildman–Crippen LogP) is 11.5. The molecule has 6 aromatic carbocycles. The molecule has 1 saturated heterocycles. The zero-order valence-electron chi connectivity index (χ0n) is 35.0. The minimum atomic E-state index is -1.11. The van der Waals surface area contributed by atoms with E-state index in [1.54, 1.807) is 4.90 Å². The molecule has 6 aromatic rings. The Morgan fingerprint density at radius 2 is 1.27 bits per heavy atom. The average molecular weight is 803 g/mol. The van der Waals surface area contributed by atoms with Gasteiger partial charge >= 0.3 is 5.97 Å². The number of nitrogens with zero attached hydrogens (tertiary/aromatic N) is 2. The molecule has 0 spiro atoms. The van der Waals surface area contributed by atoms with Crippen molar-refractivity contribution in [1.29, 1.82) is 0 Å².